The molecule has 0 spiro atoms. The van der Waals surface area contributed by atoms with Crippen molar-refractivity contribution in [2.24, 2.45) is 11.8 Å². The fourth-order valence-corrected chi connectivity index (χ4v) is 2.80. The van der Waals surface area contributed by atoms with Gasteiger partial charge in [-0.15, -0.1) is 0 Å². The smallest absolute Gasteiger partial charge is 0.321 e. The number of hydrogen-bond acceptors (Lipinski definition) is 3. The molecule has 7 nitrogen and oxygen atoms in total. The van der Waals surface area contributed by atoms with Gasteiger partial charge in [-0.25, -0.2) is 4.79 Å². The molecule has 0 bridgehead atoms. The number of amides is 3. The van der Waals surface area contributed by atoms with Gasteiger partial charge in [0.15, 0.2) is 0 Å². The standard InChI is InChI=1S/C16H27N5O2/c1-12(2)10-21-11-14(9-17-21)18-16(23)20-7-5-13(6-8-20)15(22)19(3)4/h9,11-13H,5-8,10H2,1-4H3,(H,18,23). The van der Waals surface area contributed by atoms with Crippen LogP contribution in [0.25, 0.3) is 0 Å². The van der Waals surface area contributed by atoms with Gasteiger partial charge >= 0.3 is 6.03 Å². The van der Waals surface area contributed by atoms with Gasteiger partial charge in [0.1, 0.15) is 0 Å². The highest BCUT2D eigenvalue weighted by molar-refractivity contribution is 5.89. The van der Waals surface area contributed by atoms with E-state index >= 15 is 0 Å². The predicted molar refractivity (Wildman–Crippen MR) is 89.1 cm³/mol. The fourth-order valence-electron chi connectivity index (χ4n) is 2.80. The number of carbonyl (C=O) groups is 2. The summed E-state index contributed by atoms with van der Waals surface area (Å²) < 4.78 is 1.84. The second-order valence-electron chi connectivity index (χ2n) is 6.77. The molecule has 0 aliphatic carbocycles. The molecule has 0 radical (unpaired) electrons. The Balaban J connectivity index is 1.83. The molecular formula is C16H27N5O2. The molecule has 7 heteroatoms. The monoisotopic (exact) mass is 321 g/mol. The van der Waals surface area contributed by atoms with Crippen molar-refractivity contribution < 1.29 is 9.59 Å². The van der Waals surface area contributed by atoms with Crippen molar-refractivity contribution in [3.8, 4) is 0 Å². The van der Waals surface area contributed by atoms with Gasteiger partial charge in [0.05, 0.1) is 11.9 Å². The largest absolute Gasteiger partial charge is 0.349 e. The Morgan fingerprint density at radius 3 is 2.57 bits per heavy atom. The first kappa shape index (κ1) is 17.3. The Labute approximate surface area is 137 Å². The molecule has 0 saturated carbocycles. The van der Waals surface area contributed by atoms with Crippen LogP contribution >= 0.6 is 0 Å². The van der Waals surface area contributed by atoms with E-state index in [0.717, 1.165) is 19.4 Å². The molecule has 1 fully saturated rings. The molecule has 1 N–H and O–H groups in total. The van der Waals surface area contributed by atoms with Crippen molar-refractivity contribution in [1.82, 2.24) is 19.6 Å². The molecule has 0 unspecified atom stereocenters. The zero-order valence-corrected chi connectivity index (χ0v) is 14.5. The van der Waals surface area contributed by atoms with Crippen molar-refractivity contribution in [2.45, 2.75) is 33.2 Å². The van der Waals surface area contributed by atoms with E-state index in [1.54, 1.807) is 30.1 Å². The highest BCUT2D eigenvalue weighted by atomic mass is 16.2. The first-order valence-electron chi connectivity index (χ1n) is 8.16. The number of anilines is 1. The zero-order chi connectivity index (χ0) is 17.0. The Bertz CT molecular complexity index is 544. The summed E-state index contributed by atoms with van der Waals surface area (Å²) in [7, 11) is 3.55. The summed E-state index contributed by atoms with van der Waals surface area (Å²) in [5.41, 5.74) is 0.710. The normalized spacial score (nSPS) is 15.8. The molecule has 1 aromatic heterocycles. The van der Waals surface area contributed by atoms with Crippen LogP contribution in [0.4, 0.5) is 10.5 Å². The SMILES string of the molecule is CC(C)Cn1cc(NC(=O)N2CCC(C(=O)N(C)C)CC2)cn1. The van der Waals surface area contributed by atoms with E-state index in [9.17, 15) is 9.59 Å². The third kappa shape index (κ3) is 4.71. The maximum Gasteiger partial charge on any atom is 0.321 e. The van der Waals surface area contributed by atoms with Gasteiger partial charge in [-0.1, -0.05) is 13.8 Å². The van der Waals surface area contributed by atoms with Gasteiger partial charge in [0.25, 0.3) is 0 Å². The van der Waals surface area contributed by atoms with E-state index in [1.807, 2.05) is 10.9 Å². The highest BCUT2D eigenvalue weighted by Crippen LogP contribution is 2.19. The molecule has 1 aliphatic heterocycles. The van der Waals surface area contributed by atoms with Crippen LogP contribution in [0, 0.1) is 11.8 Å². The number of carbonyl (C=O) groups excluding carboxylic acids is 2. The molecule has 128 valence electrons. The molecular weight excluding hydrogens is 294 g/mol. The van der Waals surface area contributed by atoms with Crippen molar-refractivity contribution in [1.29, 1.82) is 0 Å². The summed E-state index contributed by atoms with van der Waals surface area (Å²) in [6.45, 7) is 6.29. The van der Waals surface area contributed by atoms with E-state index in [2.05, 4.69) is 24.3 Å². The third-order valence-corrected chi connectivity index (χ3v) is 4.01. The zero-order valence-electron chi connectivity index (χ0n) is 14.5. The average Bonchev–Trinajstić information content (AvgIpc) is 2.92. The number of urea groups is 1. The number of piperidine rings is 1. The van der Waals surface area contributed by atoms with Gasteiger partial charge in [0, 0.05) is 45.8 Å². The van der Waals surface area contributed by atoms with Gasteiger partial charge in [-0.2, -0.15) is 5.10 Å². The molecule has 1 aliphatic rings. The molecule has 1 saturated heterocycles. The third-order valence-electron chi connectivity index (χ3n) is 4.01. The van der Waals surface area contributed by atoms with Gasteiger partial charge in [0.2, 0.25) is 5.91 Å². The average molecular weight is 321 g/mol. The van der Waals surface area contributed by atoms with Crippen LogP contribution in [-0.2, 0) is 11.3 Å². The lowest BCUT2D eigenvalue weighted by molar-refractivity contribution is -0.134. The van der Waals surface area contributed by atoms with Gasteiger partial charge in [-0.3, -0.25) is 9.48 Å². The number of rotatable bonds is 4. The summed E-state index contributed by atoms with van der Waals surface area (Å²) >= 11 is 0. The van der Waals surface area contributed by atoms with E-state index in [1.165, 1.54) is 0 Å². The summed E-state index contributed by atoms with van der Waals surface area (Å²) in [6, 6.07) is -0.121. The van der Waals surface area contributed by atoms with E-state index in [4.69, 9.17) is 0 Å². The first-order valence-corrected chi connectivity index (χ1v) is 8.16. The lowest BCUT2D eigenvalue weighted by Gasteiger charge is -2.32. The summed E-state index contributed by atoms with van der Waals surface area (Å²) in [5.74, 6) is 0.689. The number of likely N-dealkylation sites (tertiary alicyclic amines) is 1. The van der Waals surface area contributed by atoms with Crippen molar-refractivity contribution in [3.05, 3.63) is 12.4 Å². The lowest BCUT2D eigenvalue weighted by atomic mass is 9.96. The Morgan fingerprint density at radius 2 is 2.00 bits per heavy atom. The number of nitrogens with one attached hydrogen (secondary N) is 1. The van der Waals surface area contributed by atoms with E-state index in [-0.39, 0.29) is 17.9 Å². The number of hydrogen-bond donors (Lipinski definition) is 1. The summed E-state index contributed by atoms with van der Waals surface area (Å²) in [6.07, 6.45) is 4.96. The minimum atomic E-state index is -0.121. The Kier molecular flexibility index (Phi) is 5.63. The van der Waals surface area contributed by atoms with Crippen LogP contribution in [-0.4, -0.2) is 58.7 Å². The molecule has 3 amide bonds. The fraction of sp³-hybridized carbons (Fsp3) is 0.688. The number of aromatic nitrogens is 2. The summed E-state index contributed by atoms with van der Waals surface area (Å²) in [5, 5.41) is 7.12. The minimum absolute atomic E-state index is 0.0304. The Hall–Kier alpha value is -2.05. The molecule has 2 heterocycles. The lowest BCUT2D eigenvalue weighted by Crippen LogP contribution is -2.44. The van der Waals surface area contributed by atoms with Gasteiger partial charge in [-0.05, 0) is 18.8 Å². The minimum Gasteiger partial charge on any atom is -0.349 e. The van der Waals surface area contributed by atoms with Crippen LogP contribution in [0.2, 0.25) is 0 Å². The van der Waals surface area contributed by atoms with Crippen molar-refractivity contribution >= 4 is 17.6 Å². The summed E-state index contributed by atoms with van der Waals surface area (Å²) in [4.78, 5) is 27.6. The van der Waals surface area contributed by atoms with Crippen LogP contribution in [0.1, 0.15) is 26.7 Å². The van der Waals surface area contributed by atoms with Crippen LogP contribution in [0.15, 0.2) is 12.4 Å². The molecule has 0 aromatic carbocycles. The Morgan fingerprint density at radius 1 is 1.35 bits per heavy atom. The van der Waals surface area contributed by atoms with Crippen LogP contribution in [0.5, 0.6) is 0 Å². The predicted octanol–water partition coefficient (Wildman–Crippen LogP) is 1.87. The second-order valence-corrected chi connectivity index (χ2v) is 6.77. The topological polar surface area (TPSA) is 70.5 Å². The van der Waals surface area contributed by atoms with E-state index < -0.39 is 0 Å². The number of nitrogens with zero attached hydrogens (tertiary/aromatic N) is 4. The van der Waals surface area contributed by atoms with Gasteiger partial charge < -0.3 is 15.1 Å². The molecule has 23 heavy (non-hydrogen) atoms. The quantitative estimate of drug-likeness (QED) is 0.920. The van der Waals surface area contributed by atoms with Crippen LogP contribution < -0.4 is 5.32 Å². The molecule has 0 atom stereocenters. The molecule has 2 rings (SSSR count). The second kappa shape index (κ2) is 7.48. The van der Waals surface area contributed by atoms with Crippen molar-refractivity contribution in [3.63, 3.8) is 0 Å². The maximum absolute atomic E-state index is 12.3. The maximum atomic E-state index is 12.3. The van der Waals surface area contributed by atoms with Crippen molar-refractivity contribution in [2.75, 3.05) is 32.5 Å². The van der Waals surface area contributed by atoms with Crippen LogP contribution in [0.3, 0.4) is 0 Å². The van der Waals surface area contributed by atoms with E-state index in [0.29, 0.717) is 24.7 Å². The molecule has 1 aromatic rings. The first-order chi connectivity index (χ1) is 10.9. The highest BCUT2D eigenvalue weighted by Gasteiger charge is 2.28.